The Morgan fingerprint density at radius 1 is 1.06 bits per heavy atom. The first-order chi connectivity index (χ1) is 14.8. The monoisotopic (exact) mass is 437 g/mol. The van der Waals surface area contributed by atoms with E-state index in [-0.39, 0.29) is 23.3 Å². The number of carbonyl (C=O) groups excluding carboxylic acids is 2. The fourth-order valence-electron chi connectivity index (χ4n) is 3.28. The van der Waals surface area contributed by atoms with Gasteiger partial charge < -0.3 is 5.32 Å². The predicted octanol–water partition coefficient (Wildman–Crippen LogP) is 5.08. The maximum Gasteiger partial charge on any atom is 0.262 e. The topological polar surface area (TPSA) is 81.1 Å². The molecule has 162 valence electrons. The Hall–Kier alpha value is -2.93. The fraction of sp³-hybridized carbons (Fsp3) is 0.333. The quantitative estimate of drug-likeness (QED) is 0.302. The van der Waals surface area contributed by atoms with Gasteiger partial charge in [-0.15, -0.1) is 0 Å². The molecule has 2 aromatic carbocycles. The number of carbonyl (C=O) groups is 2. The van der Waals surface area contributed by atoms with Crippen LogP contribution in [0.15, 0.2) is 58.5 Å². The van der Waals surface area contributed by atoms with Crippen molar-refractivity contribution in [3.05, 3.63) is 64.4 Å². The third-order valence-electron chi connectivity index (χ3n) is 4.87. The standard InChI is InChI=1S/C24H27N3O3S/c1-5-8-21(28)25-18-13-11-17(12-14-18)22(29)16(4)31-24-26-20-10-7-6-9-19(20)23(30)27(24)15(2)3/h6-7,9-16H,5,8H2,1-4H3,(H,25,28). The third-order valence-corrected chi connectivity index (χ3v) is 5.94. The molecule has 1 atom stereocenters. The second-order valence-corrected chi connectivity index (χ2v) is 8.99. The lowest BCUT2D eigenvalue weighted by atomic mass is 10.1. The smallest absolute Gasteiger partial charge is 0.262 e. The van der Waals surface area contributed by atoms with Gasteiger partial charge in [0, 0.05) is 23.7 Å². The Morgan fingerprint density at radius 2 is 1.74 bits per heavy atom. The van der Waals surface area contributed by atoms with Gasteiger partial charge in [-0.2, -0.15) is 0 Å². The van der Waals surface area contributed by atoms with Crippen molar-refractivity contribution in [2.45, 2.75) is 57.0 Å². The van der Waals surface area contributed by atoms with Crippen LogP contribution >= 0.6 is 11.8 Å². The Bertz CT molecular complexity index is 1150. The van der Waals surface area contributed by atoms with Crippen LogP contribution in [0.3, 0.4) is 0 Å². The summed E-state index contributed by atoms with van der Waals surface area (Å²) in [6.07, 6.45) is 1.24. The van der Waals surface area contributed by atoms with Crippen LogP contribution in [-0.2, 0) is 4.79 Å². The van der Waals surface area contributed by atoms with Gasteiger partial charge in [0.2, 0.25) is 5.91 Å². The van der Waals surface area contributed by atoms with Crippen molar-refractivity contribution in [2.75, 3.05) is 5.32 Å². The zero-order chi connectivity index (χ0) is 22.5. The van der Waals surface area contributed by atoms with Crippen molar-refractivity contribution in [1.29, 1.82) is 0 Å². The number of Topliss-reactive ketones (excluding diaryl/α,β-unsaturated/α-hetero) is 1. The van der Waals surface area contributed by atoms with Crippen molar-refractivity contribution < 1.29 is 9.59 Å². The van der Waals surface area contributed by atoms with Crippen molar-refractivity contribution in [1.82, 2.24) is 9.55 Å². The maximum atomic E-state index is 13.0. The normalized spacial score (nSPS) is 12.2. The molecule has 1 amide bonds. The number of aromatic nitrogens is 2. The maximum absolute atomic E-state index is 13.0. The van der Waals surface area contributed by atoms with Crippen molar-refractivity contribution in [2.24, 2.45) is 0 Å². The van der Waals surface area contributed by atoms with E-state index < -0.39 is 5.25 Å². The second-order valence-electron chi connectivity index (χ2n) is 7.68. The Labute approximate surface area is 186 Å². The fourth-order valence-corrected chi connectivity index (χ4v) is 4.40. The first-order valence-corrected chi connectivity index (χ1v) is 11.3. The molecule has 0 bridgehead atoms. The van der Waals surface area contributed by atoms with Crippen LogP contribution in [0, 0.1) is 0 Å². The number of rotatable bonds is 8. The molecule has 0 aliphatic carbocycles. The van der Waals surface area contributed by atoms with Crippen LogP contribution in [0.4, 0.5) is 5.69 Å². The number of para-hydroxylation sites is 1. The molecule has 0 spiro atoms. The van der Waals surface area contributed by atoms with Crippen molar-refractivity contribution in [3.8, 4) is 0 Å². The molecule has 1 heterocycles. The summed E-state index contributed by atoms with van der Waals surface area (Å²) in [5, 5.41) is 3.49. The molecular formula is C24H27N3O3S. The van der Waals surface area contributed by atoms with Crippen LogP contribution in [0.25, 0.3) is 10.9 Å². The molecule has 6 nitrogen and oxygen atoms in total. The van der Waals surface area contributed by atoms with Crippen LogP contribution < -0.4 is 10.9 Å². The minimum atomic E-state index is -0.432. The van der Waals surface area contributed by atoms with Crippen molar-refractivity contribution in [3.63, 3.8) is 0 Å². The minimum absolute atomic E-state index is 0.0421. The van der Waals surface area contributed by atoms with Gasteiger partial charge in [-0.1, -0.05) is 30.8 Å². The van der Waals surface area contributed by atoms with Crippen LogP contribution in [0.2, 0.25) is 0 Å². The highest BCUT2D eigenvalue weighted by atomic mass is 32.2. The summed E-state index contributed by atoms with van der Waals surface area (Å²) in [5.74, 6) is -0.103. The lowest BCUT2D eigenvalue weighted by Gasteiger charge is -2.18. The minimum Gasteiger partial charge on any atom is -0.326 e. The molecule has 1 unspecified atom stereocenters. The summed E-state index contributed by atoms with van der Waals surface area (Å²) in [5.41, 5.74) is 1.74. The van der Waals surface area contributed by atoms with E-state index in [1.165, 1.54) is 11.8 Å². The number of fused-ring (bicyclic) bond motifs is 1. The molecule has 0 saturated heterocycles. The van der Waals surface area contributed by atoms with E-state index in [1.807, 2.05) is 45.9 Å². The lowest BCUT2D eigenvalue weighted by molar-refractivity contribution is -0.116. The molecule has 0 aliphatic heterocycles. The zero-order valence-corrected chi connectivity index (χ0v) is 19.0. The van der Waals surface area contributed by atoms with Gasteiger partial charge in [-0.3, -0.25) is 19.0 Å². The van der Waals surface area contributed by atoms with Gasteiger partial charge in [0.25, 0.3) is 5.56 Å². The summed E-state index contributed by atoms with van der Waals surface area (Å²) in [4.78, 5) is 42.4. The van der Waals surface area contributed by atoms with E-state index in [4.69, 9.17) is 0 Å². The number of hydrogen-bond acceptors (Lipinski definition) is 5. The number of nitrogens with zero attached hydrogens (tertiary/aromatic N) is 2. The third kappa shape index (κ3) is 5.22. The highest BCUT2D eigenvalue weighted by Crippen LogP contribution is 2.27. The SMILES string of the molecule is CCCC(=O)Nc1ccc(C(=O)C(C)Sc2nc3ccccc3c(=O)n2C(C)C)cc1. The Balaban J connectivity index is 1.82. The lowest BCUT2D eigenvalue weighted by Crippen LogP contribution is -2.26. The highest BCUT2D eigenvalue weighted by molar-refractivity contribution is 8.00. The Morgan fingerprint density at radius 3 is 2.39 bits per heavy atom. The van der Waals surface area contributed by atoms with Gasteiger partial charge in [0.1, 0.15) is 0 Å². The second kappa shape index (κ2) is 9.92. The number of hydrogen-bond donors (Lipinski definition) is 1. The number of ketones is 1. The van der Waals surface area contributed by atoms with Gasteiger partial charge in [0.15, 0.2) is 10.9 Å². The molecule has 0 fully saturated rings. The van der Waals surface area contributed by atoms with Gasteiger partial charge in [-0.05, 0) is 63.6 Å². The molecule has 7 heteroatoms. The number of anilines is 1. The van der Waals surface area contributed by atoms with Gasteiger partial charge in [0.05, 0.1) is 16.2 Å². The van der Waals surface area contributed by atoms with Crippen LogP contribution in [-0.4, -0.2) is 26.5 Å². The summed E-state index contributed by atoms with van der Waals surface area (Å²) < 4.78 is 1.64. The van der Waals surface area contributed by atoms with E-state index in [9.17, 15) is 14.4 Å². The molecule has 31 heavy (non-hydrogen) atoms. The summed E-state index contributed by atoms with van der Waals surface area (Å²) >= 11 is 1.28. The summed E-state index contributed by atoms with van der Waals surface area (Å²) in [6, 6.07) is 14.1. The zero-order valence-electron chi connectivity index (χ0n) is 18.2. The summed E-state index contributed by atoms with van der Waals surface area (Å²) in [7, 11) is 0. The van der Waals surface area contributed by atoms with E-state index in [0.717, 1.165) is 6.42 Å². The molecule has 1 aromatic heterocycles. The first kappa shape index (κ1) is 22.7. The van der Waals surface area contributed by atoms with Crippen molar-refractivity contribution >= 4 is 40.0 Å². The molecule has 1 N–H and O–H groups in total. The number of thioether (sulfide) groups is 1. The van der Waals surface area contributed by atoms with Crippen LogP contribution in [0.5, 0.6) is 0 Å². The molecule has 0 aliphatic rings. The van der Waals surface area contributed by atoms with E-state index in [0.29, 0.717) is 33.7 Å². The van der Waals surface area contributed by atoms with Gasteiger partial charge in [-0.25, -0.2) is 4.98 Å². The molecular weight excluding hydrogens is 410 g/mol. The van der Waals surface area contributed by atoms with E-state index >= 15 is 0 Å². The molecule has 3 rings (SSSR count). The first-order valence-electron chi connectivity index (χ1n) is 10.4. The largest absolute Gasteiger partial charge is 0.326 e. The van der Waals surface area contributed by atoms with E-state index in [1.54, 1.807) is 34.9 Å². The number of amides is 1. The average Bonchev–Trinajstić information content (AvgIpc) is 2.73. The highest BCUT2D eigenvalue weighted by Gasteiger charge is 2.21. The van der Waals surface area contributed by atoms with E-state index in [2.05, 4.69) is 10.3 Å². The Kier molecular flexibility index (Phi) is 7.28. The molecule has 0 saturated carbocycles. The van der Waals surface area contributed by atoms with Crippen LogP contribution in [0.1, 0.15) is 56.9 Å². The summed E-state index contributed by atoms with van der Waals surface area (Å²) in [6.45, 7) is 7.62. The molecule has 0 radical (unpaired) electrons. The van der Waals surface area contributed by atoms with Gasteiger partial charge >= 0.3 is 0 Å². The average molecular weight is 438 g/mol. The number of benzene rings is 2. The predicted molar refractivity (Wildman–Crippen MR) is 126 cm³/mol. The molecule has 3 aromatic rings. The number of nitrogens with one attached hydrogen (secondary N) is 1.